The second kappa shape index (κ2) is 3.96. The molecule has 2 atom stereocenters. The number of aromatic nitrogens is 3. The fourth-order valence-electron chi connectivity index (χ4n) is 2.26. The number of nitrogen functional groups attached to an aromatic ring is 1. The molecular weight excluding hydrogens is 178 g/mol. The van der Waals surface area contributed by atoms with Gasteiger partial charge in [-0.15, -0.1) is 5.10 Å². The van der Waals surface area contributed by atoms with E-state index in [-0.39, 0.29) is 0 Å². The van der Waals surface area contributed by atoms with E-state index in [4.69, 9.17) is 11.5 Å². The molecule has 0 aromatic carbocycles. The molecular formula is C9H17N5. The van der Waals surface area contributed by atoms with Gasteiger partial charge in [-0.2, -0.15) is 0 Å². The maximum atomic E-state index is 5.54. The molecule has 1 heterocycles. The van der Waals surface area contributed by atoms with Crippen LogP contribution in [0.2, 0.25) is 0 Å². The molecule has 0 radical (unpaired) electrons. The summed E-state index contributed by atoms with van der Waals surface area (Å²) in [6, 6.07) is 0.483. The third-order valence-corrected chi connectivity index (χ3v) is 2.99. The molecule has 0 aliphatic heterocycles. The molecule has 0 bridgehead atoms. The van der Waals surface area contributed by atoms with Crippen LogP contribution in [0.3, 0.4) is 0 Å². The summed E-state index contributed by atoms with van der Waals surface area (Å²) in [5.74, 6) is 1.27. The quantitative estimate of drug-likeness (QED) is 0.737. The fraction of sp³-hybridized carbons (Fsp3) is 0.778. The van der Waals surface area contributed by atoms with Crippen molar-refractivity contribution >= 4 is 5.82 Å². The van der Waals surface area contributed by atoms with Gasteiger partial charge in [-0.25, -0.2) is 4.68 Å². The van der Waals surface area contributed by atoms with Crippen LogP contribution in [0.4, 0.5) is 5.82 Å². The van der Waals surface area contributed by atoms with Crippen molar-refractivity contribution in [1.82, 2.24) is 15.0 Å². The van der Waals surface area contributed by atoms with Crippen molar-refractivity contribution in [2.24, 2.45) is 11.7 Å². The number of nitrogens with two attached hydrogens (primary N) is 2. The lowest BCUT2D eigenvalue weighted by atomic mass is 10.0. The monoisotopic (exact) mass is 195 g/mol. The molecule has 1 aromatic heterocycles. The van der Waals surface area contributed by atoms with Crippen LogP contribution >= 0.6 is 0 Å². The summed E-state index contributed by atoms with van der Waals surface area (Å²) < 4.78 is 1.89. The van der Waals surface area contributed by atoms with Gasteiger partial charge in [0.15, 0.2) is 5.82 Å². The Morgan fingerprint density at radius 3 is 3.00 bits per heavy atom. The van der Waals surface area contributed by atoms with Gasteiger partial charge in [-0.3, -0.25) is 0 Å². The highest BCUT2D eigenvalue weighted by Crippen LogP contribution is 2.35. The van der Waals surface area contributed by atoms with Gasteiger partial charge in [0.25, 0.3) is 0 Å². The average Bonchev–Trinajstić information content (AvgIpc) is 2.74. The molecule has 1 aliphatic carbocycles. The minimum atomic E-state index is 0.483. The minimum Gasteiger partial charge on any atom is -0.381 e. The summed E-state index contributed by atoms with van der Waals surface area (Å²) in [4.78, 5) is 0. The van der Waals surface area contributed by atoms with Crippen molar-refractivity contribution in [3.8, 4) is 0 Å². The molecule has 5 heteroatoms. The molecule has 0 spiro atoms. The standard InChI is InChI=1S/C9H17N5/c10-4-3-7-1-2-8(5-7)14-6-9(11)12-13-14/h6-8H,1-5,10-11H2. The number of hydrogen-bond acceptors (Lipinski definition) is 4. The molecule has 2 rings (SSSR count). The maximum absolute atomic E-state index is 5.54. The van der Waals surface area contributed by atoms with Gasteiger partial charge in [-0.05, 0) is 38.1 Å². The zero-order chi connectivity index (χ0) is 9.97. The highest BCUT2D eigenvalue weighted by atomic mass is 15.4. The topological polar surface area (TPSA) is 82.8 Å². The number of anilines is 1. The smallest absolute Gasteiger partial charge is 0.165 e. The number of nitrogens with zero attached hydrogens (tertiary/aromatic N) is 3. The number of hydrogen-bond donors (Lipinski definition) is 2. The van der Waals surface area contributed by atoms with Crippen molar-refractivity contribution in [3.05, 3.63) is 6.20 Å². The predicted octanol–water partition coefficient (Wildman–Crippen LogP) is 0.550. The molecule has 0 amide bonds. The molecule has 1 aliphatic rings. The Morgan fingerprint density at radius 2 is 2.36 bits per heavy atom. The van der Waals surface area contributed by atoms with E-state index < -0.39 is 0 Å². The zero-order valence-corrected chi connectivity index (χ0v) is 8.26. The first-order valence-electron chi connectivity index (χ1n) is 5.17. The van der Waals surface area contributed by atoms with Gasteiger partial charge >= 0.3 is 0 Å². The highest BCUT2D eigenvalue weighted by Gasteiger charge is 2.25. The third kappa shape index (κ3) is 1.87. The van der Waals surface area contributed by atoms with Crippen LogP contribution in [0, 0.1) is 5.92 Å². The van der Waals surface area contributed by atoms with E-state index in [0.717, 1.165) is 18.9 Å². The minimum absolute atomic E-state index is 0.483. The van der Waals surface area contributed by atoms with E-state index in [2.05, 4.69) is 10.3 Å². The van der Waals surface area contributed by atoms with E-state index in [0.29, 0.717) is 11.9 Å². The maximum Gasteiger partial charge on any atom is 0.165 e. The molecule has 1 saturated carbocycles. The van der Waals surface area contributed by atoms with Crippen molar-refractivity contribution in [3.63, 3.8) is 0 Å². The number of rotatable bonds is 3. The van der Waals surface area contributed by atoms with E-state index in [1.165, 1.54) is 19.3 Å². The van der Waals surface area contributed by atoms with E-state index in [9.17, 15) is 0 Å². The summed E-state index contributed by atoms with van der Waals surface area (Å²) >= 11 is 0. The van der Waals surface area contributed by atoms with Crippen molar-refractivity contribution < 1.29 is 0 Å². The molecule has 4 N–H and O–H groups in total. The van der Waals surface area contributed by atoms with Crippen molar-refractivity contribution in [1.29, 1.82) is 0 Å². The average molecular weight is 195 g/mol. The van der Waals surface area contributed by atoms with E-state index in [1.807, 2.05) is 10.9 Å². The zero-order valence-electron chi connectivity index (χ0n) is 8.26. The van der Waals surface area contributed by atoms with Crippen LogP contribution < -0.4 is 11.5 Å². The fourth-order valence-corrected chi connectivity index (χ4v) is 2.26. The molecule has 2 unspecified atom stereocenters. The van der Waals surface area contributed by atoms with Gasteiger partial charge in [0, 0.05) is 0 Å². The molecule has 5 nitrogen and oxygen atoms in total. The van der Waals surface area contributed by atoms with E-state index in [1.54, 1.807) is 0 Å². The summed E-state index contributed by atoms with van der Waals surface area (Å²) in [6.45, 7) is 0.789. The van der Waals surface area contributed by atoms with Crippen LogP contribution in [-0.2, 0) is 0 Å². The Balaban J connectivity index is 1.95. The van der Waals surface area contributed by atoms with Gasteiger partial charge < -0.3 is 11.5 Å². The lowest BCUT2D eigenvalue weighted by molar-refractivity contribution is 0.422. The molecule has 1 aromatic rings. The summed E-state index contributed by atoms with van der Waals surface area (Å²) in [5.41, 5.74) is 11.1. The first kappa shape index (κ1) is 9.45. The normalized spacial score (nSPS) is 26.9. The van der Waals surface area contributed by atoms with Gasteiger partial charge in [-0.1, -0.05) is 5.21 Å². The van der Waals surface area contributed by atoms with Crippen molar-refractivity contribution in [2.75, 3.05) is 12.3 Å². The molecule has 1 fully saturated rings. The Hall–Kier alpha value is -1.10. The third-order valence-electron chi connectivity index (χ3n) is 2.99. The van der Waals surface area contributed by atoms with E-state index >= 15 is 0 Å². The predicted molar refractivity (Wildman–Crippen MR) is 54.5 cm³/mol. The summed E-state index contributed by atoms with van der Waals surface area (Å²) in [5, 5.41) is 7.80. The van der Waals surface area contributed by atoms with Gasteiger partial charge in [0.05, 0.1) is 12.2 Å². The largest absolute Gasteiger partial charge is 0.381 e. The Kier molecular flexibility index (Phi) is 2.67. The van der Waals surface area contributed by atoms with Crippen LogP contribution in [0.15, 0.2) is 6.20 Å². The first-order valence-corrected chi connectivity index (χ1v) is 5.17. The van der Waals surface area contributed by atoms with Crippen LogP contribution in [0.1, 0.15) is 31.7 Å². The second-order valence-electron chi connectivity index (χ2n) is 4.03. The van der Waals surface area contributed by atoms with Crippen LogP contribution in [-0.4, -0.2) is 21.5 Å². The molecule has 78 valence electrons. The lowest BCUT2D eigenvalue weighted by Gasteiger charge is -2.09. The second-order valence-corrected chi connectivity index (χ2v) is 4.03. The molecule has 14 heavy (non-hydrogen) atoms. The van der Waals surface area contributed by atoms with Crippen LogP contribution in [0.25, 0.3) is 0 Å². The van der Waals surface area contributed by atoms with Gasteiger partial charge in [0.2, 0.25) is 0 Å². The van der Waals surface area contributed by atoms with Crippen LogP contribution in [0.5, 0.6) is 0 Å². The van der Waals surface area contributed by atoms with Crippen molar-refractivity contribution in [2.45, 2.75) is 31.7 Å². The Labute approximate surface area is 83.5 Å². The Morgan fingerprint density at radius 1 is 1.50 bits per heavy atom. The first-order chi connectivity index (χ1) is 6.79. The Bertz CT molecular complexity index is 295. The lowest BCUT2D eigenvalue weighted by Crippen LogP contribution is -2.09. The SMILES string of the molecule is NCCC1CCC(n2cc(N)nn2)C1. The highest BCUT2D eigenvalue weighted by molar-refractivity contribution is 5.20. The van der Waals surface area contributed by atoms with Gasteiger partial charge in [0.1, 0.15) is 0 Å². The summed E-state index contributed by atoms with van der Waals surface area (Å²) in [7, 11) is 0. The summed E-state index contributed by atoms with van der Waals surface area (Å²) in [6.07, 6.45) is 6.53. The molecule has 0 saturated heterocycles.